The van der Waals surface area contributed by atoms with Crippen molar-refractivity contribution in [2.24, 2.45) is 0 Å². The quantitative estimate of drug-likeness (QED) is 0.686. The molecule has 4 rings (SSSR count). The maximum Gasteiger partial charge on any atom is 0.250 e. The van der Waals surface area contributed by atoms with Crippen molar-refractivity contribution in [1.82, 2.24) is 4.98 Å². The van der Waals surface area contributed by atoms with Crippen molar-refractivity contribution in [2.75, 3.05) is 29.1 Å². The number of nitrogens with one attached hydrogen (secondary N) is 1. The van der Waals surface area contributed by atoms with E-state index in [9.17, 15) is 13.2 Å². The van der Waals surface area contributed by atoms with E-state index < -0.39 is 22.4 Å². The number of sulfone groups is 1. The molecule has 7 nitrogen and oxygen atoms in total. The molecule has 3 aromatic rings. The van der Waals surface area contributed by atoms with E-state index >= 15 is 0 Å². The number of aromatic nitrogens is 1. The molecule has 150 valence electrons. The van der Waals surface area contributed by atoms with Gasteiger partial charge in [0.2, 0.25) is 5.91 Å². The fourth-order valence-corrected chi connectivity index (χ4v) is 5.04. The van der Waals surface area contributed by atoms with Crippen LogP contribution in [-0.2, 0) is 21.2 Å². The topological polar surface area (TPSA) is 99.6 Å². The van der Waals surface area contributed by atoms with Crippen LogP contribution >= 0.6 is 0 Å². The van der Waals surface area contributed by atoms with Gasteiger partial charge in [-0.2, -0.15) is 0 Å². The maximum absolute atomic E-state index is 12.6. The third-order valence-electron chi connectivity index (χ3n) is 4.99. The number of nitrogens with zero attached hydrogens (tertiary/aromatic N) is 2. The van der Waals surface area contributed by atoms with Crippen LogP contribution in [0.25, 0.3) is 10.9 Å². The summed E-state index contributed by atoms with van der Waals surface area (Å²) in [5.41, 5.74) is 2.95. The highest BCUT2D eigenvalue weighted by molar-refractivity contribution is 7.91. The van der Waals surface area contributed by atoms with Crippen LogP contribution in [0.3, 0.4) is 0 Å². The van der Waals surface area contributed by atoms with Crippen LogP contribution in [0.15, 0.2) is 53.4 Å². The van der Waals surface area contributed by atoms with E-state index in [1.165, 1.54) is 0 Å². The molecule has 0 saturated heterocycles. The zero-order chi connectivity index (χ0) is 20.6. The summed E-state index contributed by atoms with van der Waals surface area (Å²) in [6.45, 7) is 2.00. The Balaban J connectivity index is 1.82. The molecule has 0 unspecified atom stereocenters. The first-order chi connectivity index (χ1) is 13.9. The molecule has 2 heterocycles. The molecule has 1 aliphatic rings. The lowest BCUT2D eigenvalue weighted by Gasteiger charge is -2.23. The van der Waals surface area contributed by atoms with Crippen molar-refractivity contribution in [3.05, 3.63) is 59.7 Å². The van der Waals surface area contributed by atoms with Gasteiger partial charge in [-0.15, -0.1) is 0 Å². The van der Waals surface area contributed by atoms with Gasteiger partial charge in [-0.1, -0.05) is 29.8 Å². The molecule has 0 radical (unpaired) electrons. The number of anilines is 2. The van der Waals surface area contributed by atoms with E-state index in [0.717, 1.165) is 16.5 Å². The molecule has 0 fully saturated rings. The number of amides is 1. The summed E-state index contributed by atoms with van der Waals surface area (Å²) in [4.78, 5) is 18.8. The van der Waals surface area contributed by atoms with E-state index in [4.69, 9.17) is 10.1 Å². The van der Waals surface area contributed by atoms with Gasteiger partial charge in [0.15, 0.2) is 9.84 Å². The molecule has 1 aliphatic heterocycles. The number of aliphatic hydroxyl groups excluding tert-OH is 1. The molecule has 29 heavy (non-hydrogen) atoms. The highest BCUT2D eigenvalue weighted by atomic mass is 32.2. The van der Waals surface area contributed by atoms with Crippen LogP contribution in [0.4, 0.5) is 11.5 Å². The van der Waals surface area contributed by atoms with Crippen molar-refractivity contribution in [3.8, 4) is 0 Å². The number of fused-ring (bicyclic) bond motifs is 2. The van der Waals surface area contributed by atoms with Gasteiger partial charge < -0.3 is 15.3 Å². The van der Waals surface area contributed by atoms with E-state index in [-0.39, 0.29) is 12.3 Å². The van der Waals surface area contributed by atoms with Gasteiger partial charge in [-0.3, -0.25) is 4.79 Å². The zero-order valence-corrected chi connectivity index (χ0v) is 16.7. The van der Waals surface area contributed by atoms with Crippen molar-refractivity contribution in [3.63, 3.8) is 0 Å². The predicted molar refractivity (Wildman–Crippen MR) is 112 cm³/mol. The van der Waals surface area contributed by atoms with Crippen LogP contribution in [0, 0.1) is 6.92 Å². The lowest BCUT2D eigenvalue weighted by molar-refractivity contribution is -0.118. The molecule has 2 N–H and O–H groups in total. The number of carbonyl (C=O) groups excluding carboxylic acids is 1. The third kappa shape index (κ3) is 3.81. The molecule has 1 aromatic heterocycles. The normalized spacial score (nSPS) is 15.6. The minimum Gasteiger partial charge on any atom is -0.387 e. The van der Waals surface area contributed by atoms with Crippen LogP contribution < -0.4 is 10.2 Å². The Bertz CT molecular complexity index is 1210. The fraction of sp³-hybridized carbons (Fsp3) is 0.238. The second-order valence-corrected chi connectivity index (χ2v) is 9.18. The summed E-state index contributed by atoms with van der Waals surface area (Å²) < 4.78 is 25.3. The van der Waals surface area contributed by atoms with Gasteiger partial charge in [-0.05, 0) is 30.7 Å². The minimum absolute atomic E-state index is 0.0179. The van der Waals surface area contributed by atoms with Crippen molar-refractivity contribution >= 4 is 38.2 Å². The fourth-order valence-electron chi connectivity index (χ4n) is 3.54. The molecular formula is C21H21N3O4S. The summed E-state index contributed by atoms with van der Waals surface area (Å²) in [7, 11) is -3.37. The zero-order valence-electron chi connectivity index (χ0n) is 15.9. The molecule has 0 atom stereocenters. The Morgan fingerprint density at radius 1 is 1.21 bits per heavy atom. The van der Waals surface area contributed by atoms with Gasteiger partial charge in [0.1, 0.15) is 12.4 Å². The monoisotopic (exact) mass is 411 g/mol. The number of pyridine rings is 1. The number of aryl methyl sites for hydroxylation is 1. The molecule has 1 amide bonds. The van der Waals surface area contributed by atoms with Crippen molar-refractivity contribution in [1.29, 1.82) is 0 Å². The Hall–Kier alpha value is -2.97. The number of carbonyl (C=O) groups is 1. The number of rotatable bonds is 3. The van der Waals surface area contributed by atoms with Gasteiger partial charge in [-0.25, -0.2) is 13.4 Å². The largest absolute Gasteiger partial charge is 0.387 e. The average molecular weight is 411 g/mol. The summed E-state index contributed by atoms with van der Waals surface area (Å²) >= 11 is 0. The lowest BCUT2D eigenvalue weighted by atomic mass is 10.1. The van der Waals surface area contributed by atoms with Gasteiger partial charge >= 0.3 is 0 Å². The highest BCUT2D eigenvalue weighted by Gasteiger charge is 2.26. The maximum atomic E-state index is 12.6. The third-order valence-corrected chi connectivity index (χ3v) is 6.78. The lowest BCUT2D eigenvalue weighted by Crippen LogP contribution is -2.27. The van der Waals surface area contributed by atoms with Crippen LogP contribution in [0.2, 0.25) is 0 Å². The molecule has 8 heteroatoms. The van der Waals surface area contributed by atoms with E-state index in [1.807, 2.05) is 42.2 Å². The number of hydrogen-bond acceptors (Lipinski definition) is 6. The smallest absolute Gasteiger partial charge is 0.250 e. The van der Waals surface area contributed by atoms with Gasteiger partial charge in [0.05, 0.1) is 21.9 Å². The Labute approximate surface area is 168 Å². The average Bonchev–Trinajstić information content (AvgIpc) is 2.84. The second-order valence-electron chi connectivity index (χ2n) is 7.10. The van der Waals surface area contributed by atoms with Crippen molar-refractivity contribution in [2.45, 2.75) is 18.4 Å². The summed E-state index contributed by atoms with van der Waals surface area (Å²) in [6, 6.07) is 14.4. The molecule has 0 bridgehead atoms. The van der Waals surface area contributed by atoms with E-state index in [0.29, 0.717) is 28.5 Å². The predicted octanol–water partition coefficient (Wildman–Crippen LogP) is 2.27. The Kier molecular flexibility index (Phi) is 4.97. The molecule has 2 aromatic carbocycles. The van der Waals surface area contributed by atoms with Crippen LogP contribution in [0.1, 0.15) is 11.1 Å². The minimum atomic E-state index is -3.37. The Morgan fingerprint density at radius 2 is 2.00 bits per heavy atom. The number of benzene rings is 2. The molecule has 0 spiro atoms. The first kappa shape index (κ1) is 19.4. The first-order valence-corrected chi connectivity index (χ1v) is 10.9. The van der Waals surface area contributed by atoms with Gasteiger partial charge in [0.25, 0.3) is 0 Å². The summed E-state index contributed by atoms with van der Waals surface area (Å²) in [6.07, 6.45) is 0. The summed E-state index contributed by atoms with van der Waals surface area (Å²) in [5, 5.41) is 12.6. The standard InChI is InChI=1S/C21H21N3O4S/c1-14-6-7-17-16(10-14)18(23-21(26)13-25)11-20(22-17)24-8-9-29(27,28)19-5-3-2-4-15(19)12-24/h2-7,10-11,25H,8-9,12-13H2,1H3,(H,22,23,26). The second kappa shape index (κ2) is 7.46. The first-order valence-electron chi connectivity index (χ1n) is 9.25. The van der Waals surface area contributed by atoms with Crippen LogP contribution in [-0.4, -0.2) is 43.3 Å². The molecule has 0 saturated carbocycles. The van der Waals surface area contributed by atoms with Crippen LogP contribution in [0.5, 0.6) is 0 Å². The van der Waals surface area contributed by atoms with E-state index in [2.05, 4.69) is 5.32 Å². The van der Waals surface area contributed by atoms with E-state index in [1.54, 1.807) is 18.2 Å². The molecular weight excluding hydrogens is 390 g/mol. The number of hydrogen-bond donors (Lipinski definition) is 2. The summed E-state index contributed by atoms with van der Waals surface area (Å²) in [5.74, 6) is 0.0333. The van der Waals surface area contributed by atoms with Gasteiger partial charge in [0, 0.05) is 24.5 Å². The SMILES string of the molecule is Cc1ccc2nc(N3CCS(=O)(=O)c4ccccc4C3)cc(NC(=O)CO)c2c1. The molecule has 0 aliphatic carbocycles. The highest BCUT2D eigenvalue weighted by Crippen LogP contribution is 2.31. The number of aliphatic hydroxyl groups is 1. The van der Waals surface area contributed by atoms with Crippen molar-refractivity contribution < 1.29 is 18.3 Å². The Morgan fingerprint density at radius 3 is 2.79 bits per heavy atom.